The van der Waals surface area contributed by atoms with Gasteiger partial charge in [-0.05, 0) is 36.8 Å². The summed E-state index contributed by atoms with van der Waals surface area (Å²) in [4.78, 5) is 22.6. The minimum Gasteiger partial charge on any atom is -0.488 e. The Bertz CT molecular complexity index is 1180. The van der Waals surface area contributed by atoms with E-state index in [1.54, 1.807) is 42.6 Å². The van der Waals surface area contributed by atoms with Crippen molar-refractivity contribution in [1.29, 1.82) is 0 Å². The fourth-order valence-corrected chi connectivity index (χ4v) is 3.93. The third-order valence-corrected chi connectivity index (χ3v) is 5.55. The fourth-order valence-electron chi connectivity index (χ4n) is 2.93. The van der Waals surface area contributed by atoms with Crippen LogP contribution >= 0.6 is 11.3 Å². The molecule has 0 spiro atoms. The molecule has 0 fully saturated rings. The minimum atomic E-state index is -0.315. The Morgan fingerprint density at radius 1 is 1.20 bits per heavy atom. The molecule has 0 bridgehead atoms. The summed E-state index contributed by atoms with van der Waals surface area (Å²) in [6.07, 6.45) is 3.59. The summed E-state index contributed by atoms with van der Waals surface area (Å²) in [5.74, 6) is 0.623. The van der Waals surface area contributed by atoms with Crippen molar-refractivity contribution in [3.8, 4) is 16.5 Å². The molecule has 2 aromatic heterocycles. The van der Waals surface area contributed by atoms with Crippen molar-refractivity contribution in [2.75, 3.05) is 5.32 Å². The van der Waals surface area contributed by atoms with Crippen LogP contribution in [0.15, 0.2) is 60.9 Å². The lowest BCUT2D eigenvalue weighted by atomic mass is 10.2. The molecule has 1 amide bonds. The molecule has 6 nitrogen and oxygen atoms in total. The Hall–Kier alpha value is -3.52. The number of nitrogens with zero attached hydrogens (tertiary/aromatic N) is 3. The molecular weight excluding hydrogens is 403 g/mol. The summed E-state index contributed by atoms with van der Waals surface area (Å²) in [6.45, 7) is 2.11. The van der Waals surface area contributed by atoms with Gasteiger partial charge in [0.15, 0.2) is 11.0 Å². The van der Waals surface area contributed by atoms with E-state index in [1.807, 2.05) is 24.7 Å². The molecule has 2 heterocycles. The number of hydrogen-bond acceptors (Lipinski definition) is 5. The van der Waals surface area contributed by atoms with Crippen LogP contribution < -0.4 is 10.1 Å². The lowest BCUT2D eigenvalue weighted by molar-refractivity contribution is 0.102. The second-order valence-electron chi connectivity index (χ2n) is 6.66. The smallest absolute Gasteiger partial charge is 0.261 e. The molecule has 0 atom stereocenters. The first-order valence-electron chi connectivity index (χ1n) is 9.24. The van der Waals surface area contributed by atoms with Crippen molar-refractivity contribution in [3.05, 3.63) is 83.6 Å². The van der Waals surface area contributed by atoms with E-state index in [0.29, 0.717) is 16.4 Å². The molecule has 152 valence electrons. The van der Waals surface area contributed by atoms with Gasteiger partial charge in [-0.1, -0.05) is 35.6 Å². The zero-order valence-electron chi connectivity index (χ0n) is 16.4. The second-order valence-corrected chi connectivity index (χ2v) is 7.66. The van der Waals surface area contributed by atoms with Crippen LogP contribution in [0.2, 0.25) is 0 Å². The van der Waals surface area contributed by atoms with Gasteiger partial charge in [-0.2, -0.15) is 0 Å². The van der Waals surface area contributed by atoms with E-state index in [1.165, 1.54) is 23.5 Å². The van der Waals surface area contributed by atoms with Gasteiger partial charge >= 0.3 is 0 Å². The summed E-state index contributed by atoms with van der Waals surface area (Å²) in [7, 11) is 1.91. The SMILES string of the molecule is Cc1nc(NC(=O)c2ccccc2OCc2ccc(F)cc2)sc1-c1nccn1C. The van der Waals surface area contributed by atoms with Crippen molar-refractivity contribution >= 4 is 22.4 Å². The van der Waals surface area contributed by atoms with Crippen LogP contribution in [0.25, 0.3) is 10.7 Å². The van der Waals surface area contributed by atoms with Crippen molar-refractivity contribution in [1.82, 2.24) is 14.5 Å². The number of benzene rings is 2. The van der Waals surface area contributed by atoms with Crippen LogP contribution in [-0.4, -0.2) is 20.4 Å². The number of aromatic nitrogens is 3. The van der Waals surface area contributed by atoms with Gasteiger partial charge < -0.3 is 9.30 Å². The Morgan fingerprint density at radius 3 is 2.70 bits per heavy atom. The monoisotopic (exact) mass is 422 g/mol. The van der Waals surface area contributed by atoms with E-state index in [-0.39, 0.29) is 18.3 Å². The van der Waals surface area contributed by atoms with Gasteiger partial charge in [0.2, 0.25) is 0 Å². The molecule has 1 N–H and O–H groups in total. The van der Waals surface area contributed by atoms with Gasteiger partial charge in [-0.15, -0.1) is 0 Å². The Kier molecular flexibility index (Phi) is 5.58. The molecule has 2 aromatic carbocycles. The number of thiazole rings is 1. The van der Waals surface area contributed by atoms with Gasteiger partial charge in [0, 0.05) is 19.4 Å². The fraction of sp³-hybridized carbons (Fsp3) is 0.136. The zero-order chi connectivity index (χ0) is 21.1. The molecule has 0 saturated heterocycles. The van der Waals surface area contributed by atoms with Crippen molar-refractivity contribution < 1.29 is 13.9 Å². The Morgan fingerprint density at radius 2 is 1.97 bits per heavy atom. The maximum atomic E-state index is 13.1. The van der Waals surface area contributed by atoms with Crippen LogP contribution in [0.5, 0.6) is 5.75 Å². The molecule has 0 aliphatic heterocycles. The molecule has 0 saturated carbocycles. The first-order valence-corrected chi connectivity index (χ1v) is 10.1. The van der Waals surface area contributed by atoms with Crippen molar-refractivity contribution in [3.63, 3.8) is 0 Å². The Labute approximate surface area is 177 Å². The molecular formula is C22H19FN4O2S. The molecule has 30 heavy (non-hydrogen) atoms. The molecule has 8 heteroatoms. The average molecular weight is 422 g/mol. The highest BCUT2D eigenvalue weighted by Gasteiger charge is 2.18. The highest BCUT2D eigenvalue weighted by atomic mass is 32.1. The normalized spacial score (nSPS) is 10.8. The minimum absolute atomic E-state index is 0.226. The summed E-state index contributed by atoms with van der Waals surface area (Å²) in [5.41, 5.74) is 2.00. The summed E-state index contributed by atoms with van der Waals surface area (Å²) < 4.78 is 20.8. The maximum absolute atomic E-state index is 13.1. The Balaban J connectivity index is 1.50. The van der Waals surface area contributed by atoms with Crippen LogP contribution in [0.4, 0.5) is 9.52 Å². The van der Waals surface area contributed by atoms with E-state index < -0.39 is 0 Å². The molecule has 4 aromatic rings. The predicted octanol–water partition coefficient (Wildman–Crippen LogP) is 4.82. The first-order chi connectivity index (χ1) is 14.5. The number of rotatable bonds is 6. The largest absolute Gasteiger partial charge is 0.488 e. The molecule has 0 aliphatic rings. The van der Waals surface area contributed by atoms with E-state index in [9.17, 15) is 9.18 Å². The number of halogens is 1. The topological polar surface area (TPSA) is 69.0 Å². The van der Waals surface area contributed by atoms with Crippen LogP contribution in [0, 0.1) is 12.7 Å². The molecule has 4 rings (SSSR count). The number of nitrogens with one attached hydrogen (secondary N) is 1. The standard InChI is InChI=1S/C22H19FN4O2S/c1-14-19(20-24-11-12-27(20)2)30-22(25-14)26-21(28)17-5-3-4-6-18(17)29-13-15-7-9-16(23)10-8-15/h3-12H,13H2,1-2H3,(H,25,26,28). The van der Waals surface area contributed by atoms with Gasteiger partial charge in [0.25, 0.3) is 5.91 Å². The molecule has 0 unspecified atom stereocenters. The second kappa shape index (κ2) is 8.46. The summed E-state index contributed by atoms with van der Waals surface area (Å²) >= 11 is 1.37. The van der Waals surface area contributed by atoms with Crippen molar-refractivity contribution in [2.45, 2.75) is 13.5 Å². The van der Waals surface area contributed by atoms with Crippen LogP contribution in [0.1, 0.15) is 21.6 Å². The lowest BCUT2D eigenvalue weighted by Gasteiger charge is -2.11. The number of carbonyl (C=O) groups excluding carboxylic acids is 1. The zero-order valence-corrected chi connectivity index (χ0v) is 17.2. The highest BCUT2D eigenvalue weighted by Crippen LogP contribution is 2.32. The van der Waals surface area contributed by atoms with Gasteiger partial charge in [-0.25, -0.2) is 14.4 Å². The lowest BCUT2D eigenvalue weighted by Crippen LogP contribution is -2.13. The number of hydrogen-bond donors (Lipinski definition) is 1. The number of amides is 1. The number of para-hydroxylation sites is 1. The van der Waals surface area contributed by atoms with Crippen LogP contribution in [-0.2, 0) is 13.7 Å². The third-order valence-electron chi connectivity index (χ3n) is 4.48. The predicted molar refractivity (Wildman–Crippen MR) is 114 cm³/mol. The van der Waals surface area contributed by atoms with Crippen molar-refractivity contribution in [2.24, 2.45) is 7.05 Å². The van der Waals surface area contributed by atoms with E-state index in [2.05, 4.69) is 15.3 Å². The highest BCUT2D eigenvalue weighted by molar-refractivity contribution is 7.19. The van der Waals surface area contributed by atoms with Crippen LogP contribution in [0.3, 0.4) is 0 Å². The van der Waals surface area contributed by atoms with Gasteiger partial charge in [0.1, 0.15) is 18.2 Å². The molecule has 0 aliphatic carbocycles. The molecule has 0 radical (unpaired) electrons. The maximum Gasteiger partial charge on any atom is 0.261 e. The van der Waals surface area contributed by atoms with Gasteiger partial charge in [-0.3, -0.25) is 10.1 Å². The van der Waals surface area contributed by atoms with E-state index in [4.69, 9.17) is 4.74 Å². The summed E-state index contributed by atoms with van der Waals surface area (Å²) in [5, 5.41) is 3.34. The van der Waals surface area contributed by atoms with E-state index in [0.717, 1.165) is 22.0 Å². The first kappa shape index (κ1) is 19.8. The number of ether oxygens (including phenoxy) is 1. The van der Waals surface area contributed by atoms with E-state index >= 15 is 0 Å². The van der Waals surface area contributed by atoms with Gasteiger partial charge in [0.05, 0.1) is 16.1 Å². The average Bonchev–Trinajstić information content (AvgIpc) is 3.32. The number of imidazole rings is 1. The third kappa shape index (κ3) is 4.23. The summed E-state index contributed by atoms with van der Waals surface area (Å²) in [6, 6.07) is 13.0. The number of anilines is 1. The quantitative estimate of drug-likeness (QED) is 0.484. The number of aryl methyl sites for hydroxylation is 2. The number of carbonyl (C=O) groups is 1.